The van der Waals surface area contributed by atoms with Crippen molar-refractivity contribution in [2.45, 2.75) is 26.9 Å². The Bertz CT molecular complexity index is 804. The summed E-state index contributed by atoms with van der Waals surface area (Å²) < 4.78 is 8.06. The number of imidazole rings is 1. The number of nitrogens with zero attached hydrogens (tertiary/aromatic N) is 2. The van der Waals surface area contributed by atoms with E-state index in [1.165, 1.54) is 5.69 Å². The molecule has 0 aliphatic carbocycles. The number of rotatable bonds is 4. The van der Waals surface area contributed by atoms with Gasteiger partial charge in [0, 0.05) is 11.9 Å². The standard InChI is InChI=1S/C17H18N2O.CO2/c1-3-15-13(2)18-17-16(10-7-11-19(15)17)20-12-14-8-5-4-6-9-14;2-1-3/h4-11H,3,12H2,1-2H3;. The zero-order chi connectivity index (χ0) is 16.7. The molecule has 23 heavy (non-hydrogen) atoms. The Kier molecular flexibility index (Phi) is 5.67. The van der Waals surface area contributed by atoms with Crippen molar-refractivity contribution in [3.05, 3.63) is 65.6 Å². The second-order valence-electron chi connectivity index (χ2n) is 4.92. The van der Waals surface area contributed by atoms with Crippen LogP contribution in [0.4, 0.5) is 0 Å². The molecular formula is C18H18N2O3. The second kappa shape index (κ2) is 7.92. The topological polar surface area (TPSA) is 60.7 Å². The fourth-order valence-electron chi connectivity index (χ4n) is 2.48. The lowest BCUT2D eigenvalue weighted by Crippen LogP contribution is -1.98. The largest absolute Gasteiger partial charge is 0.485 e. The maximum atomic E-state index is 8.12. The summed E-state index contributed by atoms with van der Waals surface area (Å²) in [6, 6.07) is 14.2. The molecule has 5 heteroatoms. The molecule has 5 nitrogen and oxygen atoms in total. The summed E-state index contributed by atoms with van der Waals surface area (Å²) in [7, 11) is 0. The van der Waals surface area contributed by atoms with Crippen molar-refractivity contribution in [1.82, 2.24) is 9.38 Å². The zero-order valence-corrected chi connectivity index (χ0v) is 13.2. The van der Waals surface area contributed by atoms with Crippen LogP contribution < -0.4 is 4.74 Å². The smallest absolute Gasteiger partial charge is 0.373 e. The van der Waals surface area contributed by atoms with Crippen LogP contribution in [0.5, 0.6) is 5.75 Å². The van der Waals surface area contributed by atoms with Crippen LogP contribution in [-0.2, 0) is 22.6 Å². The first kappa shape index (κ1) is 16.5. The van der Waals surface area contributed by atoms with Crippen molar-refractivity contribution in [3.8, 4) is 5.75 Å². The van der Waals surface area contributed by atoms with Crippen molar-refractivity contribution in [2.24, 2.45) is 0 Å². The minimum absolute atomic E-state index is 0.250. The molecule has 2 heterocycles. The summed E-state index contributed by atoms with van der Waals surface area (Å²) in [5, 5.41) is 0. The highest BCUT2D eigenvalue weighted by Crippen LogP contribution is 2.23. The van der Waals surface area contributed by atoms with Gasteiger partial charge < -0.3 is 9.14 Å². The third-order valence-corrected chi connectivity index (χ3v) is 3.49. The van der Waals surface area contributed by atoms with Gasteiger partial charge in [-0.05, 0) is 31.0 Å². The Hall–Kier alpha value is -2.91. The van der Waals surface area contributed by atoms with Gasteiger partial charge in [-0.25, -0.2) is 4.98 Å². The molecule has 3 aromatic rings. The molecule has 0 unspecified atom stereocenters. The number of carbonyl (C=O) groups excluding carboxylic acids is 2. The van der Waals surface area contributed by atoms with Gasteiger partial charge in [0.25, 0.3) is 0 Å². The number of benzene rings is 1. The number of hydrogen-bond donors (Lipinski definition) is 0. The van der Waals surface area contributed by atoms with E-state index in [1.807, 2.05) is 43.5 Å². The van der Waals surface area contributed by atoms with Crippen molar-refractivity contribution in [1.29, 1.82) is 0 Å². The molecule has 0 amide bonds. The summed E-state index contributed by atoms with van der Waals surface area (Å²) in [5.74, 6) is 0.833. The van der Waals surface area contributed by atoms with Crippen molar-refractivity contribution < 1.29 is 14.3 Å². The normalized spacial score (nSPS) is 9.83. The molecule has 0 aliphatic heterocycles. The van der Waals surface area contributed by atoms with Gasteiger partial charge in [0.1, 0.15) is 6.61 Å². The van der Waals surface area contributed by atoms with Gasteiger partial charge in [0.05, 0.1) is 5.69 Å². The van der Waals surface area contributed by atoms with Gasteiger partial charge in [-0.1, -0.05) is 37.3 Å². The fraction of sp³-hybridized carbons (Fsp3) is 0.222. The van der Waals surface area contributed by atoms with Crippen LogP contribution in [0, 0.1) is 6.92 Å². The van der Waals surface area contributed by atoms with E-state index >= 15 is 0 Å². The van der Waals surface area contributed by atoms with E-state index in [4.69, 9.17) is 14.3 Å². The number of ether oxygens (including phenoxy) is 1. The Morgan fingerprint density at radius 1 is 1.13 bits per heavy atom. The van der Waals surface area contributed by atoms with E-state index < -0.39 is 0 Å². The molecule has 0 atom stereocenters. The highest BCUT2D eigenvalue weighted by molar-refractivity contribution is 5.56. The lowest BCUT2D eigenvalue weighted by molar-refractivity contribution is -0.191. The second-order valence-corrected chi connectivity index (χ2v) is 4.92. The number of aromatic nitrogens is 2. The van der Waals surface area contributed by atoms with Crippen LogP contribution in [0.1, 0.15) is 23.9 Å². The molecule has 1 aromatic carbocycles. The van der Waals surface area contributed by atoms with E-state index in [9.17, 15) is 0 Å². The molecule has 0 bridgehead atoms. The predicted molar refractivity (Wildman–Crippen MR) is 85.1 cm³/mol. The molecule has 3 rings (SSSR count). The lowest BCUT2D eigenvalue weighted by atomic mass is 10.2. The van der Waals surface area contributed by atoms with Crippen molar-refractivity contribution in [2.75, 3.05) is 0 Å². The lowest BCUT2D eigenvalue weighted by Gasteiger charge is -2.08. The van der Waals surface area contributed by atoms with Crippen LogP contribution in [0.2, 0.25) is 0 Å². The molecular weight excluding hydrogens is 292 g/mol. The van der Waals surface area contributed by atoms with Crippen LogP contribution in [0.25, 0.3) is 5.65 Å². The van der Waals surface area contributed by atoms with Crippen molar-refractivity contribution in [3.63, 3.8) is 0 Å². The van der Waals surface area contributed by atoms with E-state index in [2.05, 4.69) is 28.4 Å². The molecule has 118 valence electrons. The number of fused-ring (bicyclic) bond motifs is 1. The molecule has 0 radical (unpaired) electrons. The maximum absolute atomic E-state index is 8.12. The summed E-state index contributed by atoms with van der Waals surface area (Å²) in [6.45, 7) is 4.76. The highest BCUT2D eigenvalue weighted by Gasteiger charge is 2.10. The van der Waals surface area contributed by atoms with Gasteiger partial charge in [0.2, 0.25) is 0 Å². The monoisotopic (exact) mass is 310 g/mol. The third-order valence-electron chi connectivity index (χ3n) is 3.49. The average molecular weight is 310 g/mol. The molecule has 0 N–H and O–H groups in total. The van der Waals surface area contributed by atoms with E-state index in [0.717, 1.165) is 29.1 Å². The van der Waals surface area contributed by atoms with E-state index in [-0.39, 0.29) is 6.15 Å². The fourth-order valence-corrected chi connectivity index (χ4v) is 2.48. The Morgan fingerprint density at radius 3 is 2.48 bits per heavy atom. The van der Waals surface area contributed by atoms with Gasteiger partial charge in [-0.2, -0.15) is 9.59 Å². The van der Waals surface area contributed by atoms with Crippen LogP contribution >= 0.6 is 0 Å². The predicted octanol–water partition coefficient (Wildman–Crippen LogP) is 3.20. The Balaban J connectivity index is 0.000000595. The minimum Gasteiger partial charge on any atom is -0.485 e. The quantitative estimate of drug-likeness (QED) is 0.742. The van der Waals surface area contributed by atoms with Gasteiger partial charge >= 0.3 is 6.15 Å². The van der Waals surface area contributed by atoms with Crippen LogP contribution in [0.15, 0.2) is 48.7 Å². The summed E-state index contributed by atoms with van der Waals surface area (Å²) >= 11 is 0. The van der Waals surface area contributed by atoms with E-state index in [1.54, 1.807) is 0 Å². The Labute approximate surface area is 134 Å². The van der Waals surface area contributed by atoms with Gasteiger partial charge in [-0.15, -0.1) is 0 Å². The summed E-state index contributed by atoms with van der Waals surface area (Å²) in [4.78, 5) is 20.9. The number of aryl methyl sites for hydroxylation is 2. The minimum atomic E-state index is 0.250. The molecule has 0 saturated heterocycles. The summed E-state index contributed by atoms with van der Waals surface area (Å²) in [6.07, 6.45) is 3.26. The number of hydrogen-bond acceptors (Lipinski definition) is 4. The van der Waals surface area contributed by atoms with Gasteiger partial charge in [0.15, 0.2) is 11.4 Å². The molecule has 2 aromatic heterocycles. The zero-order valence-electron chi connectivity index (χ0n) is 13.2. The van der Waals surface area contributed by atoms with Crippen LogP contribution in [0.3, 0.4) is 0 Å². The molecule has 0 aliphatic rings. The Morgan fingerprint density at radius 2 is 1.83 bits per heavy atom. The van der Waals surface area contributed by atoms with Crippen LogP contribution in [-0.4, -0.2) is 15.5 Å². The first-order valence-electron chi connectivity index (χ1n) is 7.33. The molecule has 0 fully saturated rings. The van der Waals surface area contributed by atoms with Gasteiger partial charge in [-0.3, -0.25) is 0 Å². The molecule has 0 spiro atoms. The average Bonchev–Trinajstić information content (AvgIpc) is 2.90. The molecule has 0 saturated carbocycles. The first-order valence-corrected chi connectivity index (χ1v) is 7.33. The first-order chi connectivity index (χ1) is 11.2. The SMILES string of the molecule is CCc1c(C)nc2c(OCc3ccccc3)cccn12.O=C=O. The highest BCUT2D eigenvalue weighted by atomic mass is 16.5. The summed E-state index contributed by atoms with van der Waals surface area (Å²) in [5.41, 5.74) is 4.37. The van der Waals surface area contributed by atoms with Crippen molar-refractivity contribution >= 4 is 11.8 Å². The number of pyridine rings is 1. The van der Waals surface area contributed by atoms with E-state index in [0.29, 0.717) is 6.61 Å². The third kappa shape index (κ3) is 3.84. The maximum Gasteiger partial charge on any atom is 0.373 e.